The van der Waals surface area contributed by atoms with Gasteiger partial charge >= 0.3 is 5.97 Å². The highest BCUT2D eigenvalue weighted by Gasteiger charge is 2.22. The van der Waals surface area contributed by atoms with Crippen LogP contribution in [0.5, 0.6) is 0 Å². The second-order valence-electron chi connectivity index (χ2n) is 2.88. The van der Waals surface area contributed by atoms with Gasteiger partial charge in [0, 0.05) is 13.1 Å². The monoisotopic (exact) mass is 195 g/mol. The van der Waals surface area contributed by atoms with Crippen molar-refractivity contribution in [3.8, 4) is 0 Å². The molecule has 1 heterocycles. The highest BCUT2D eigenvalue weighted by atomic mass is 32.3. The third-order valence-corrected chi connectivity index (χ3v) is 3.50. The van der Waals surface area contributed by atoms with Crippen LogP contribution >= 0.6 is 10.6 Å². The maximum absolute atomic E-state index is 10.3. The summed E-state index contributed by atoms with van der Waals surface area (Å²) in [6, 6.07) is 0. The molecule has 1 fully saturated rings. The van der Waals surface area contributed by atoms with Crippen LogP contribution in [-0.4, -0.2) is 56.2 Å². The van der Waals surface area contributed by atoms with Gasteiger partial charge in [0.05, 0.1) is 18.1 Å². The summed E-state index contributed by atoms with van der Waals surface area (Å²) < 4.78 is 18.4. The number of carbonyl (C=O) groups is 1. The molecule has 0 aromatic rings. The Kier molecular flexibility index (Phi) is 2.94. The smallest absolute Gasteiger partial charge is 0.317 e. The molecule has 0 aromatic carbocycles. The lowest BCUT2D eigenvalue weighted by atomic mass is 10.5. The number of carboxylic acids is 1. The number of carboxylic acid groups (broad SMARTS) is 1. The van der Waals surface area contributed by atoms with Crippen molar-refractivity contribution in [3.05, 3.63) is 0 Å². The zero-order valence-corrected chi connectivity index (χ0v) is 7.46. The first kappa shape index (κ1) is 9.79. The summed E-state index contributed by atoms with van der Waals surface area (Å²) in [6.45, 7) is 0.929. The van der Waals surface area contributed by atoms with Crippen molar-refractivity contribution in [2.75, 3.05) is 31.1 Å². The van der Waals surface area contributed by atoms with Crippen molar-refractivity contribution in [1.82, 2.24) is 4.90 Å². The Labute approximate surface area is 72.3 Å². The van der Waals surface area contributed by atoms with Crippen molar-refractivity contribution in [2.24, 2.45) is 0 Å². The quantitative estimate of drug-likeness (QED) is 0.584. The predicted octanol–water partition coefficient (Wildman–Crippen LogP) is 0.137. The normalized spacial score (nSPS) is 26.5. The topological polar surface area (TPSA) is 81.0 Å². The van der Waals surface area contributed by atoms with Crippen LogP contribution in [-0.2, 0) is 4.79 Å². The lowest BCUT2D eigenvalue weighted by Gasteiger charge is -2.40. The molecule has 0 saturated carbocycles. The number of nitrogens with zero attached hydrogens (tertiary/aromatic N) is 1. The van der Waals surface area contributed by atoms with Gasteiger partial charge in [-0.2, -0.15) is 10.6 Å². The highest BCUT2D eigenvalue weighted by molar-refractivity contribution is 8.24. The lowest BCUT2D eigenvalue weighted by molar-refractivity contribution is -0.138. The minimum Gasteiger partial charge on any atom is -0.480 e. The van der Waals surface area contributed by atoms with E-state index in [2.05, 4.69) is 0 Å². The van der Waals surface area contributed by atoms with E-state index < -0.39 is 16.6 Å². The van der Waals surface area contributed by atoms with Gasteiger partial charge in [-0.15, -0.1) is 0 Å². The number of rotatable bonds is 2. The molecule has 1 aliphatic rings. The van der Waals surface area contributed by atoms with Crippen LogP contribution in [0.25, 0.3) is 0 Å². The Balaban J connectivity index is 2.31. The van der Waals surface area contributed by atoms with Crippen LogP contribution in [0.15, 0.2) is 0 Å². The Morgan fingerprint density at radius 3 is 2.25 bits per heavy atom. The molecule has 0 bridgehead atoms. The van der Waals surface area contributed by atoms with Gasteiger partial charge in [0.2, 0.25) is 0 Å². The minimum absolute atomic E-state index is 0.00444. The molecule has 0 radical (unpaired) electrons. The highest BCUT2D eigenvalue weighted by Crippen LogP contribution is 2.40. The van der Waals surface area contributed by atoms with E-state index in [0.717, 1.165) is 0 Å². The van der Waals surface area contributed by atoms with E-state index in [1.165, 1.54) is 0 Å². The lowest BCUT2D eigenvalue weighted by Crippen LogP contribution is -2.40. The molecule has 0 atom stereocenters. The fourth-order valence-corrected chi connectivity index (χ4v) is 2.42. The first-order chi connectivity index (χ1) is 5.49. The molecular formula is C6H13NO4S. The fraction of sp³-hybridized carbons (Fsp3) is 0.833. The molecule has 1 rings (SSSR count). The zero-order valence-electron chi connectivity index (χ0n) is 6.64. The Bertz CT molecular complexity index is 174. The molecule has 5 nitrogen and oxygen atoms in total. The third kappa shape index (κ3) is 2.98. The van der Waals surface area contributed by atoms with Gasteiger partial charge in [-0.25, -0.2) is 0 Å². The van der Waals surface area contributed by atoms with Crippen LogP contribution < -0.4 is 0 Å². The summed E-state index contributed by atoms with van der Waals surface area (Å²) in [4.78, 5) is 12.0. The van der Waals surface area contributed by atoms with Crippen LogP contribution in [0.1, 0.15) is 0 Å². The van der Waals surface area contributed by atoms with Crippen LogP contribution in [0.4, 0.5) is 0 Å². The Hall–Kier alpha value is -0.300. The molecule has 12 heavy (non-hydrogen) atoms. The molecule has 0 amide bonds. The first-order valence-corrected chi connectivity index (χ1v) is 5.56. The average Bonchev–Trinajstić information content (AvgIpc) is 1.93. The molecular weight excluding hydrogens is 182 g/mol. The van der Waals surface area contributed by atoms with Gasteiger partial charge in [0.15, 0.2) is 0 Å². The van der Waals surface area contributed by atoms with Crippen LogP contribution in [0, 0.1) is 0 Å². The minimum atomic E-state index is -2.39. The van der Waals surface area contributed by atoms with Crippen molar-refractivity contribution in [3.63, 3.8) is 0 Å². The number of hydrogen-bond acceptors (Lipinski definition) is 4. The second kappa shape index (κ2) is 3.61. The van der Waals surface area contributed by atoms with Gasteiger partial charge in [-0.1, -0.05) is 0 Å². The molecule has 0 spiro atoms. The van der Waals surface area contributed by atoms with Gasteiger partial charge < -0.3 is 5.11 Å². The number of aliphatic carboxylic acids is 1. The molecule has 1 saturated heterocycles. The van der Waals surface area contributed by atoms with Gasteiger partial charge in [-0.05, 0) is 0 Å². The third-order valence-electron chi connectivity index (χ3n) is 1.83. The first-order valence-electron chi connectivity index (χ1n) is 3.67. The Morgan fingerprint density at radius 1 is 1.33 bits per heavy atom. The van der Waals surface area contributed by atoms with Crippen molar-refractivity contribution < 1.29 is 19.0 Å². The van der Waals surface area contributed by atoms with Gasteiger partial charge in [0.1, 0.15) is 0 Å². The average molecular weight is 195 g/mol. The summed E-state index contributed by atoms with van der Waals surface area (Å²) >= 11 is 0. The van der Waals surface area contributed by atoms with Crippen molar-refractivity contribution >= 4 is 16.6 Å². The summed E-state index contributed by atoms with van der Waals surface area (Å²) in [7, 11) is -2.39. The summed E-state index contributed by atoms with van der Waals surface area (Å²) in [5, 5.41) is 8.44. The molecule has 0 aliphatic carbocycles. The van der Waals surface area contributed by atoms with E-state index in [4.69, 9.17) is 5.11 Å². The van der Waals surface area contributed by atoms with Gasteiger partial charge in [0.25, 0.3) is 0 Å². The maximum Gasteiger partial charge on any atom is 0.317 e. The molecule has 0 unspecified atom stereocenters. The summed E-state index contributed by atoms with van der Waals surface area (Å²) in [6.07, 6.45) is 0. The van der Waals surface area contributed by atoms with E-state index in [0.29, 0.717) is 24.6 Å². The largest absolute Gasteiger partial charge is 0.480 e. The predicted molar refractivity (Wildman–Crippen MR) is 46.7 cm³/mol. The summed E-state index contributed by atoms with van der Waals surface area (Å²) in [5.41, 5.74) is 0. The summed E-state index contributed by atoms with van der Waals surface area (Å²) in [5.74, 6) is -0.256. The van der Waals surface area contributed by atoms with Gasteiger partial charge in [-0.3, -0.25) is 18.8 Å². The molecule has 1 aliphatic heterocycles. The Morgan fingerprint density at radius 2 is 1.83 bits per heavy atom. The van der Waals surface area contributed by atoms with Crippen LogP contribution in [0.3, 0.4) is 0 Å². The molecule has 3 N–H and O–H groups in total. The van der Waals surface area contributed by atoms with Crippen molar-refractivity contribution in [2.45, 2.75) is 0 Å². The van der Waals surface area contributed by atoms with Crippen molar-refractivity contribution in [1.29, 1.82) is 0 Å². The SMILES string of the molecule is O=C(O)CN1CCS(O)(O)CC1. The van der Waals surface area contributed by atoms with E-state index in [1.54, 1.807) is 4.90 Å². The second-order valence-corrected chi connectivity index (χ2v) is 5.30. The standard InChI is InChI=1S/C6H13NO4S/c8-6(9)5-7-1-3-12(10,11)4-2-7/h10-11H,1-5H2,(H,8,9). The maximum atomic E-state index is 10.3. The van der Waals surface area contributed by atoms with E-state index in [1.807, 2.05) is 0 Å². The van der Waals surface area contributed by atoms with E-state index >= 15 is 0 Å². The molecule has 0 aromatic heterocycles. The zero-order chi connectivity index (χ0) is 9.19. The van der Waals surface area contributed by atoms with E-state index in [-0.39, 0.29) is 6.54 Å². The van der Waals surface area contributed by atoms with E-state index in [9.17, 15) is 13.9 Å². The number of hydrogen-bond donors (Lipinski definition) is 3. The fourth-order valence-electron chi connectivity index (χ4n) is 1.11. The van der Waals surface area contributed by atoms with Crippen LogP contribution in [0.2, 0.25) is 0 Å². The molecule has 72 valence electrons. The molecule has 6 heteroatoms.